The lowest BCUT2D eigenvalue weighted by molar-refractivity contribution is -0.168. The number of aliphatic hydroxyl groups is 1. The molecule has 0 unspecified atom stereocenters. The van der Waals surface area contributed by atoms with Crippen LogP contribution in [-0.4, -0.2) is 10.7 Å². The molecule has 0 spiro atoms. The van der Waals surface area contributed by atoms with Crippen molar-refractivity contribution in [2.45, 2.75) is 64.4 Å². The summed E-state index contributed by atoms with van der Waals surface area (Å²) in [4.78, 5) is 0. The average Bonchev–Trinajstić information content (AvgIpc) is 2.27. The van der Waals surface area contributed by atoms with E-state index in [1.54, 1.807) is 6.07 Å². The zero-order valence-electron chi connectivity index (χ0n) is 12.4. The van der Waals surface area contributed by atoms with Gasteiger partial charge in [-0.15, -0.1) is 0 Å². The van der Waals surface area contributed by atoms with Gasteiger partial charge in [-0.1, -0.05) is 45.4 Å². The fourth-order valence-corrected chi connectivity index (χ4v) is 2.26. The highest BCUT2D eigenvalue weighted by atomic mass is 19.3. The molecule has 0 bridgehead atoms. The van der Waals surface area contributed by atoms with Crippen molar-refractivity contribution < 1.29 is 13.9 Å². The van der Waals surface area contributed by atoms with E-state index in [0.29, 0.717) is 0 Å². The number of halogens is 2. The first-order valence-electron chi connectivity index (χ1n) is 6.73. The number of benzene rings is 1. The van der Waals surface area contributed by atoms with E-state index in [-0.39, 0.29) is 11.0 Å². The molecule has 19 heavy (non-hydrogen) atoms. The summed E-state index contributed by atoms with van der Waals surface area (Å²) in [5.41, 5.74) is -1.45. The minimum atomic E-state index is -3.26. The van der Waals surface area contributed by atoms with Gasteiger partial charge in [-0.2, -0.15) is 8.78 Å². The summed E-state index contributed by atoms with van der Waals surface area (Å²) in [5.74, 6) is -3.26. The number of alkyl halides is 2. The monoisotopic (exact) mass is 270 g/mol. The molecule has 0 aromatic heterocycles. The molecule has 0 fully saturated rings. The van der Waals surface area contributed by atoms with E-state index >= 15 is 0 Å². The maximum atomic E-state index is 14.2. The highest BCUT2D eigenvalue weighted by Crippen LogP contribution is 2.40. The predicted octanol–water partition coefficient (Wildman–Crippen LogP) is 4.63. The van der Waals surface area contributed by atoms with Crippen molar-refractivity contribution in [1.29, 1.82) is 0 Å². The van der Waals surface area contributed by atoms with Crippen LogP contribution in [0.4, 0.5) is 8.78 Å². The molecule has 0 aliphatic carbocycles. The Morgan fingerprint density at radius 3 is 2.05 bits per heavy atom. The minimum absolute atomic E-state index is 0.123. The first-order chi connectivity index (χ1) is 8.52. The van der Waals surface area contributed by atoms with Gasteiger partial charge in [0, 0.05) is 5.56 Å². The minimum Gasteiger partial charge on any atom is -0.384 e. The van der Waals surface area contributed by atoms with Crippen LogP contribution in [0.2, 0.25) is 0 Å². The largest absolute Gasteiger partial charge is 0.384 e. The molecule has 1 nitrogen and oxygen atoms in total. The van der Waals surface area contributed by atoms with Crippen molar-refractivity contribution in [2.24, 2.45) is 0 Å². The molecule has 1 N–H and O–H groups in total. The van der Waals surface area contributed by atoms with Gasteiger partial charge >= 0.3 is 5.92 Å². The Morgan fingerprint density at radius 1 is 1.05 bits per heavy atom. The molecule has 3 heteroatoms. The van der Waals surface area contributed by atoms with Crippen molar-refractivity contribution in [1.82, 2.24) is 0 Å². The quantitative estimate of drug-likeness (QED) is 0.827. The van der Waals surface area contributed by atoms with Crippen LogP contribution < -0.4 is 0 Å². The summed E-state index contributed by atoms with van der Waals surface area (Å²) in [6.07, 6.45) is 1.93. The van der Waals surface area contributed by atoms with Crippen molar-refractivity contribution in [3.63, 3.8) is 0 Å². The van der Waals surface area contributed by atoms with Gasteiger partial charge in [-0.25, -0.2) is 0 Å². The Bertz CT molecular complexity index is 431. The third-order valence-electron chi connectivity index (χ3n) is 3.65. The highest BCUT2D eigenvalue weighted by molar-refractivity contribution is 5.32. The van der Waals surface area contributed by atoms with Gasteiger partial charge in [-0.3, -0.25) is 0 Å². The van der Waals surface area contributed by atoms with Gasteiger partial charge in [0.2, 0.25) is 0 Å². The smallest absolute Gasteiger partial charge is 0.300 e. The Kier molecular flexibility index (Phi) is 4.40. The molecular formula is C16H24F2O. The zero-order valence-corrected chi connectivity index (χ0v) is 12.4. The van der Waals surface area contributed by atoms with E-state index in [2.05, 4.69) is 20.8 Å². The standard InChI is InChI=1S/C16H24F2O/c1-6-10-14(2,3)12-8-7-9-13(11-12)16(17,18)15(4,5)19/h7-9,11,19H,6,10H2,1-5H3. The second kappa shape index (κ2) is 5.20. The molecule has 0 amide bonds. The molecule has 0 atom stereocenters. The Labute approximate surface area is 114 Å². The molecule has 0 saturated heterocycles. The summed E-state index contributed by atoms with van der Waals surface area (Å²) in [7, 11) is 0. The van der Waals surface area contributed by atoms with Crippen LogP contribution in [0.15, 0.2) is 24.3 Å². The first-order valence-corrected chi connectivity index (χ1v) is 6.73. The molecule has 0 saturated carbocycles. The molecule has 1 rings (SSSR count). The average molecular weight is 270 g/mol. The molecule has 0 heterocycles. The van der Waals surface area contributed by atoms with Crippen LogP contribution >= 0.6 is 0 Å². The fraction of sp³-hybridized carbons (Fsp3) is 0.625. The summed E-state index contributed by atoms with van der Waals surface area (Å²) >= 11 is 0. The van der Waals surface area contributed by atoms with E-state index in [1.165, 1.54) is 12.1 Å². The van der Waals surface area contributed by atoms with E-state index in [0.717, 1.165) is 32.3 Å². The lowest BCUT2D eigenvalue weighted by Crippen LogP contribution is -2.40. The van der Waals surface area contributed by atoms with Crippen LogP contribution in [0, 0.1) is 0 Å². The SMILES string of the molecule is CCCC(C)(C)c1cccc(C(F)(F)C(C)(C)O)c1. The topological polar surface area (TPSA) is 20.2 Å². The number of hydrogen-bond acceptors (Lipinski definition) is 1. The van der Waals surface area contributed by atoms with Crippen LogP contribution in [0.1, 0.15) is 58.6 Å². The van der Waals surface area contributed by atoms with Crippen LogP contribution in [0.25, 0.3) is 0 Å². The van der Waals surface area contributed by atoms with Gasteiger partial charge in [0.05, 0.1) is 0 Å². The predicted molar refractivity (Wildman–Crippen MR) is 74.6 cm³/mol. The lowest BCUT2D eigenvalue weighted by atomic mass is 9.79. The van der Waals surface area contributed by atoms with E-state index in [1.807, 2.05) is 6.07 Å². The van der Waals surface area contributed by atoms with Gasteiger partial charge in [-0.05, 0) is 37.3 Å². The van der Waals surface area contributed by atoms with Crippen LogP contribution in [0.3, 0.4) is 0 Å². The third kappa shape index (κ3) is 3.33. The van der Waals surface area contributed by atoms with E-state index in [9.17, 15) is 13.9 Å². The molecule has 108 valence electrons. The van der Waals surface area contributed by atoms with Crippen LogP contribution in [0.5, 0.6) is 0 Å². The second-order valence-corrected chi connectivity index (χ2v) is 6.35. The van der Waals surface area contributed by atoms with Crippen LogP contribution in [-0.2, 0) is 11.3 Å². The first kappa shape index (κ1) is 16.1. The van der Waals surface area contributed by atoms with Gasteiger partial charge in [0.15, 0.2) is 0 Å². The molecule has 1 aromatic carbocycles. The van der Waals surface area contributed by atoms with E-state index < -0.39 is 11.5 Å². The Balaban J connectivity index is 3.22. The zero-order chi connectivity index (χ0) is 14.9. The van der Waals surface area contributed by atoms with Crippen molar-refractivity contribution in [2.75, 3.05) is 0 Å². The molecule has 0 aliphatic heterocycles. The Hall–Kier alpha value is -0.960. The summed E-state index contributed by atoms with van der Waals surface area (Å²) in [5, 5.41) is 9.65. The highest BCUT2D eigenvalue weighted by Gasteiger charge is 2.47. The maximum Gasteiger partial charge on any atom is 0.300 e. The number of rotatable bonds is 5. The lowest BCUT2D eigenvalue weighted by Gasteiger charge is -2.31. The summed E-state index contributed by atoms with van der Waals surface area (Å²) in [6, 6.07) is 6.42. The van der Waals surface area contributed by atoms with Gasteiger partial charge in [0.1, 0.15) is 5.60 Å². The van der Waals surface area contributed by atoms with Gasteiger partial charge in [0.25, 0.3) is 0 Å². The maximum absolute atomic E-state index is 14.2. The van der Waals surface area contributed by atoms with Gasteiger partial charge < -0.3 is 5.11 Å². The van der Waals surface area contributed by atoms with Crippen molar-refractivity contribution in [3.05, 3.63) is 35.4 Å². The fourth-order valence-electron chi connectivity index (χ4n) is 2.26. The van der Waals surface area contributed by atoms with Crippen molar-refractivity contribution in [3.8, 4) is 0 Å². The second-order valence-electron chi connectivity index (χ2n) is 6.35. The summed E-state index contributed by atoms with van der Waals surface area (Å²) < 4.78 is 28.3. The molecule has 0 aliphatic rings. The summed E-state index contributed by atoms with van der Waals surface area (Å²) in [6.45, 7) is 8.46. The Morgan fingerprint density at radius 2 is 1.58 bits per heavy atom. The van der Waals surface area contributed by atoms with E-state index in [4.69, 9.17) is 0 Å². The number of hydrogen-bond donors (Lipinski definition) is 1. The molecule has 0 radical (unpaired) electrons. The normalized spacial score (nSPS) is 13.7. The third-order valence-corrected chi connectivity index (χ3v) is 3.65. The molecule has 1 aromatic rings. The molecular weight excluding hydrogens is 246 g/mol. The van der Waals surface area contributed by atoms with Crippen molar-refractivity contribution >= 4 is 0 Å².